The van der Waals surface area contributed by atoms with Crippen LogP contribution in [0.4, 0.5) is 0 Å². The molecule has 8 nitrogen and oxygen atoms in total. The first kappa shape index (κ1) is 24.6. The van der Waals surface area contributed by atoms with E-state index in [0.29, 0.717) is 30.3 Å². The highest BCUT2D eigenvalue weighted by Gasteiger charge is 2.24. The van der Waals surface area contributed by atoms with Gasteiger partial charge < -0.3 is 30.1 Å². The van der Waals surface area contributed by atoms with Gasteiger partial charge in [-0.15, -0.1) is 29.9 Å². The first-order valence-corrected chi connectivity index (χ1v) is 7.81. The summed E-state index contributed by atoms with van der Waals surface area (Å²) in [6.07, 6.45) is 0.272. The molecule has 10 heteroatoms. The molecule has 1 aromatic rings. The third kappa shape index (κ3) is 6.07. The van der Waals surface area contributed by atoms with E-state index in [4.69, 9.17) is 24.8 Å². The Morgan fingerprint density at radius 2 is 1.73 bits per heavy atom. The Kier molecular flexibility index (Phi) is 11.4. The molecule has 3 N–H and O–H groups in total. The van der Waals surface area contributed by atoms with Gasteiger partial charge in [0.25, 0.3) is 0 Å². The van der Waals surface area contributed by atoms with Crippen molar-refractivity contribution in [3.05, 3.63) is 17.7 Å². The van der Waals surface area contributed by atoms with Crippen molar-refractivity contribution < 1.29 is 23.8 Å². The Morgan fingerprint density at radius 1 is 1.12 bits per heavy atom. The van der Waals surface area contributed by atoms with E-state index in [2.05, 4.69) is 5.32 Å². The molecule has 0 spiro atoms. The number of methoxy groups -OCH3 is 3. The molecule has 26 heavy (non-hydrogen) atoms. The first-order valence-electron chi connectivity index (χ1n) is 7.81. The molecule has 0 aliphatic carbocycles. The minimum Gasteiger partial charge on any atom is -0.493 e. The maximum absolute atomic E-state index is 12.2. The van der Waals surface area contributed by atoms with Crippen LogP contribution < -0.4 is 25.3 Å². The van der Waals surface area contributed by atoms with Gasteiger partial charge in [-0.05, 0) is 6.07 Å². The van der Waals surface area contributed by atoms with Crippen molar-refractivity contribution in [2.75, 3.05) is 47.5 Å². The molecule has 1 aliphatic rings. The smallest absolute Gasteiger partial charge is 0.342 e. The molecular formula is C16H27Cl2N3O5. The molecule has 1 atom stereocenters. The average molecular weight is 412 g/mol. The van der Waals surface area contributed by atoms with Gasteiger partial charge >= 0.3 is 5.97 Å². The van der Waals surface area contributed by atoms with Crippen LogP contribution in [0.5, 0.6) is 17.2 Å². The second kappa shape index (κ2) is 12.0. The minimum atomic E-state index is -0.799. The molecule has 1 fully saturated rings. The van der Waals surface area contributed by atoms with Crippen molar-refractivity contribution in [2.45, 2.75) is 12.5 Å². The number of nitrogens with one attached hydrogen (secondary N) is 1. The number of carbonyl (C=O) groups excluding carboxylic acids is 1. The van der Waals surface area contributed by atoms with Gasteiger partial charge in [-0.25, -0.2) is 4.79 Å². The van der Waals surface area contributed by atoms with Gasteiger partial charge in [-0.1, -0.05) is 6.07 Å². The standard InChI is InChI=1S/C16H25N3O5.2ClH/c1-21-13-5-4-11(14(22-2)15(13)23-3)10-12(17)16(20)24-19-8-6-18-7-9-19;;/h4-5,12,18H,6-10,17H2,1-3H3;2*1H. The summed E-state index contributed by atoms with van der Waals surface area (Å²) in [4.78, 5) is 17.5. The predicted octanol–water partition coefficient (Wildman–Crippen LogP) is 0.789. The first-order chi connectivity index (χ1) is 11.6. The van der Waals surface area contributed by atoms with Crippen LogP contribution in [-0.4, -0.2) is 64.6 Å². The highest BCUT2D eigenvalue weighted by molar-refractivity contribution is 5.85. The predicted molar refractivity (Wildman–Crippen MR) is 103 cm³/mol. The Balaban J connectivity index is 0.00000312. The van der Waals surface area contributed by atoms with Gasteiger partial charge in [0.05, 0.1) is 21.3 Å². The number of nitrogens with zero attached hydrogens (tertiary/aromatic N) is 1. The zero-order chi connectivity index (χ0) is 17.5. The molecule has 2 rings (SSSR count). The summed E-state index contributed by atoms with van der Waals surface area (Å²) in [7, 11) is 4.61. The number of piperazine rings is 1. The number of rotatable bonds is 7. The lowest BCUT2D eigenvalue weighted by Gasteiger charge is -2.26. The quantitative estimate of drug-likeness (QED) is 0.679. The van der Waals surface area contributed by atoms with Crippen molar-refractivity contribution in [2.24, 2.45) is 5.73 Å². The van der Waals surface area contributed by atoms with Crippen LogP contribution >= 0.6 is 24.8 Å². The summed E-state index contributed by atoms with van der Waals surface area (Å²) in [6, 6.07) is 2.76. The number of nitrogens with two attached hydrogens (primary N) is 1. The number of hydrogen-bond acceptors (Lipinski definition) is 8. The van der Waals surface area contributed by atoms with Gasteiger partial charge in [0.2, 0.25) is 5.75 Å². The van der Waals surface area contributed by atoms with E-state index in [9.17, 15) is 4.79 Å². The molecule has 1 saturated heterocycles. The molecule has 0 amide bonds. The van der Waals surface area contributed by atoms with Gasteiger partial charge in [0, 0.05) is 38.2 Å². The van der Waals surface area contributed by atoms with Crippen LogP contribution in [0, 0.1) is 0 Å². The van der Waals surface area contributed by atoms with Crippen LogP contribution in [0.25, 0.3) is 0 Å². The lowest BCUT2D eigenvalue weighted by Crippen LogP contribution is -2.47. The number of hydroxylamine groups is 2. The fourth-order valence-corrected chi connectivity index (χ4v) is 2.57. The van der Waals surface area contributed by atoms with E-state index >= 15 is 0 Å². The molecule has 0 saturated carbocycles. The third-order valence-corrected chi connectivity index (χ3v) is 3.82. The van der Waals surface area contributed by atoms with Gasteiger partial charge in [-0.2, -0.15) is 0 Å². The summed E-state index contributed by atoms with van der Waals surface area (Å²) < 4.78 is 16.0. The monoisotopic (exact) mass is 411 g/mol. The summed E-state index contributed by atoms with van der Waals surface area (Å²) in [5.74, 6) is 1.06. The molecule has 1 aromatic carbocycles. The number of benzene rings is 1. The lowest BCUT2D eigenvalue weighted by molar-refractivity contribution is -0.194. The molecule has 1 unspecified atom stereocenters. The highest BCUT2D eigenvalue weighted by atomic mass is 35.5. The zero-order valence-corrected chi connectivity index (χ0v) is 16.8. The number of halogens is 2. The molecule has 0 bridgehead atoms. The lowest BCUT2D eigenvalue weighted by atomic mass is 10.0. The van der Waals surface area contributed by atoms with Gasteiger partial charge in [-0.3, -0.25) is 0 Å². The van der Waals surface area contributed by atoms with Crippen LogP contribution in [-0.2, 0) is 16.1 Å². The van der Waals surface area contributed by atoms with Crippen molar-refractivity contribution in [1.82, 2.24) is 10.4 Å². The maximum Gasteiger partial charge on any atom is 0.342 e. The normalized spacial score (nSPS) is 15.1. The second-order valence-corrected chi connectivity index (χ2v) is 5.39. The number of carbonyl (C=O) groups is 1. The van der Waals surface area contributed by atoms with E-state index in [1.54, 1.807) is 24.3 Å². The fraction of sp³-hybridized carbons (Fsp3) is 0.562. The average Bonchev–Trinajstić information content (AvgIpc) is 2.61. The van der Waals surface area contributed by atoms with Crippen molar-refractivity contribution in [3.63, 3.8) is 0 Å². The number of ether oxygens (including phenoxy) is 3. The molecule has 0 radical (unpaired) electrons. The Bertz CT molecular complexity index is 571. The van der Waals surface area contributed by atoms with E-state index in [1.165, 1.54) is 14.2 Å². The van der Waals surface area contributed by atoms with E-state index in [0.717, 1.165) is 18.7 Å². The third-order valence-electron chi connectivity index (χ3n) is 3.82. The molecule has 1 heterocycles. The summed E-state index contributed by atoms with van der Waals surface area (Å²) >= 11 is 0. The Hall–Kier alpha value is -1.45. The highest BCUT2D eigenvalue weighted by Crippen LogP contribution is 2.40. The van der Waals surface area contributed by atoms with Crippen molar-refractivity contribution in [1.29, 1.82) is 0 Å². The second-order valence-electron chi connectivity index (χ2n) is 5.39. The van der Waals surface area contributed by atoms with Crippen molar-refractivity contribution in [3.8, 4) is 17.2 Å². The van der Waals surface area contributed by atoms with Crippen LogP contribution in [0.1, 0.15) is 5.56 Å². The minimum absolute atomic E-state index is 0. The molecule has 150 valence electrons. The van der Waals surface area contributed by atoms with E-state index in [-0.39, 0.29) is 31.2 Å². The Morgan fingerprint density at radius 3 is 2.27 bits per heavy atom. The fourth-order valence-electron chi connectivity index (χ4n) is 2.57. The van der Waals surface area contributed by atoms with Crippen LogP contribution in [0.15, 0.2) is 12.1 Å². The molecular weight excluding hydrogens is 385 g/mol. The van der Waals surface area contributed by atoms with Gasteiger partial charge in [0.1, 0.15) is 6.04 Å². The zero-order valence-electron chi connectivity index (χ0n) is 15.1. The molecule has 1 aliphatic heterocycles. The summed E-state index contributed by atoms with van der Waals surface area (Å²) in [5.41, 5.74) is 6.76. The van der Waals surface area contributed by atoms with Crippen molar-refractivity contribution >= 4 is 30.8 Å². The topological polar surface area (TPSA) is 95.3 Å². The van der Waals surface area contributed by atoms with Crippen LogP contribution in [0.2, 0.25) is 0 Å². The maximum atomic E-state index is 12.2. The van der Waals surface area contributed by atoms with Gasteiger partial charge in [0.15, 0.2) is 11.5 Å². The SMILES string of the molecule is COc1ccc(CC(N)C(=O)ON2CCNCC2)c(OC)c1OC.Cl.Cl. The summed E-state index contributed by atoms with van der Waals surface area (Å²) in [6.45, 7) is 2.87. The molecule has 0 aromatic heterocycles. The van der Waals surface area contributed by atoms with E-state index < -0.39 is 12.0 Å². The summed E-state index contributed by atoms with van der Waals surface area (Å²) in [5, 5.41) is 4.82. The number of hydrogen-bond donors (Lipinski definition) is 2. The van der Waals surface area contributed by atoms with Crippen LogP contribution in [0.3, 0.4) is 0 Å². The van der Waals surface area contributed by atoms with E-state index in [1.807, 2.05) is 0 Å². The largest absolute Gasteiger partial charge is 0.493 e. The Labute approximate surface area is 166 Å².